The molecule has 2 aromatic carbocycles. The highest BCUT2D eigenvalue weighted by Gasteiger charge is 2.16. The number of benzene rings is 2. The summed E-state index contributed by atoms with van der Waals surface area (Å²) in [5.41, 5.74) is 7.73. The van der Waals surface area contributed by atoms with Crippen LogP contribution in [0.1, 0.15) is 4.88 Å². The van der Waals surface area contributed by atoms with Gasteiger partial charge in [-0.05, 0) is 12.1 Å². The lowest BCUT2D eigenvalue weighted by Gasteiger charge is -1.99. The van der Waals surface area contributed by atoms with Crippen molar-refractivity contribution in [2.75, 3.05) is 0 Å². The molecule has 3 rings (SSSR count). The number of hydrogen-bond donors (Lipinski definition) is 1. The summed E-state index contributed by atoms with van der Waals surface area (Å²) in [5, 5.41) is 0.506. The van der Waals surface area contributed by atoms with Gasteiger partial charge in [0.1, 0.15) is 16.6 Å². The zero-order valence-corrected chi connectivity index (χ0v) is 11.8. The summed E-state index contributed by atoms with van der Waals surface area (Å²) in [6.45, 7) is 0.324. The molecular weight excluding hydrogens is 290 g/mol. The molecule has 0 aliphatic rings. The molecular formula is C16H12F2N2S. The van der Waals surface area contributed by atoms with Crippen molar-refractivity contribution in [3.05, 3.63) is 65.0 Å². The number of aromatic nitrogens is 1. The van der Waals surface area contributed by atoms with Crippen LogP contribution in [0.5, 0.6) is 0 Å². The topological polar surface area (TPSA) is 38.9 Å². The Bertz CT molecular complexity index is 769. The van der Waals surface area contributed by atoms with Crippen LogP contribution in [0.3, 0.4) is 0 Å². The van der Waals surface area contributed by atoms with E-state index in [1.807, 2.05) is 30.3 Å². The van der Waals surface area contributed by atoms with Crippen molar-refractivity contribution in [1.29, 1.82) is 0 Å². The summed E-state index contributed by atoms with van der Waals surface area (Å²) in [6.07, 6.45) is 0. The van der Waals surface area contributed by atoms with E-state index in [4.69, 9.17) is 5.73 Å². The average molecular weight is 302 g/mol. The molecule has 0 radical (unpaired) electrons. The highest BCUT2D eigenvalue weighted by Crippen LogP contribution is 2.34. The Balaban J connectivity index is 2.12. The van der Waals surface area contributed by atoms with E-state index in [0.29, 0.717) is 17.1 Å². The van der Waals surface area contributed by atoms with Gasteiger partial charge in [0.2, 0.25) is 0 Å². The van der Waals surface area contributed by atoms with Gasteiger partial charge in [-0.15, -0.1) is 11.3 Å². The van der Waals surface area contributed by atoms with Crippen molar-refractivity contribution < 1.29 is 8.78 Å². The predicted molar refractivity (Wildman–Crippen MR) is 80.8 cm³/mol. The normalized spacial score (nSPS) is 10.8. The summed E-state index contributed by atoms with van der Waals surface area (Å²) in [4.78, 5) is 5.36. The van der Waals surface area contributed by atoms with Crippen LogP contribution in [0.4, 0.5) is 8.78 Å². The quantitative estimate of drug-likeness (QED) is 0.787. The lowest BCUT2D eigenvalue weighted by Crippen LogP contribution is -1.95. The highest BCUT2D eigenvalue weighted by molar-refractivity contribution is 7.15. The summed E-state index contributed by atoms with van der Waals surface area (Å²) in [7, 11) is 0. The lowest BCUT2D eigenvalue weighted by atomic mass is 10.1. The maximum atomic E-state index is 13.9. The van der Waals surface area contributed by atoms with Crippen LogP contribution in [-0.2, 0) is 6.54 Å². The third kappa shape index (κ3) is 2.70. The van der Waals surface area contributed by atoms with Crippen molar-refractivity contribution >= 4 is 11.3 Å². The fourth-order valence-corrected chi connectivity index (χ4v) is 3.08. The third-order valence-electron chi connectivity index (χ3n) is 3.09. The third-order valence-corrected chi connectivity index (χ3v) is 4.20. The molecule has 1 aromatic heterocycles. The summed E-state index contributed by atoms with van der Waals surface area (Å²) in [5.74, 6) is -1.22. The van der Waals surface area contributed by atoms with Crippen LogP contribution in [0.2, 0.25) is 0 Å². The highest BCUT2D eigenvalue weighted by atomic mass is 32.1. The van der Waals surface area contributed by atoms with Crippen molar-refractivity contribution in [3.63, 3.8) is 0 Å². The molecule has 21 heavy (non-hydrogen) atoms. The first-order chi connectivity index (χ1) is 10.2. The molecule has 0 fully saturated rings. The van der Waals surface area contributed by atoms with E-state index < -0.39 is 11.6 Å². The summed E-state index contributed by atoms with van der Waals surface area (Å²) >= 11 is 1.33. The van der Waals surface area contributed by atoms with E-state index in [1.54, 1.807) is 0 Å². The van der Waals surface area contributed by atoms with Gasteiger partial charge in [0.25, 0.3) is 0 Å². The van der Waals surface area contributed by atoms with Gasteiger partial charge in [-0.25, -0.2) is 13.8 Å². The van der Waals surface area contributed by atoms with Gasteiger partial charge in [0, 0.05) is 28.6 Å². The second-order valence-corrected chi connectivity index (χ2v) is 5.57. The molecule has 2 N–H and O–H groups in total. The molecule has 0 aliphatic carbocycles. The van der Waals surface area contributed by atoms with Crippen LogP contribution in [0.15, 0.2) is 48.5 Å². The standard InChI is InChI=1S/C16H12F2N2S/c17-11-6-7-12(13(18)8-11)16-20-15(14(9-19)21-16)10-4-2-1-3-5-10/h1-8H,9,19H2. The van der Waals surface area contributed by atoms with E-state index in [1.165, 1.54) is 23.5 Å². The maximum absolute atomic E-state index is 13.9. The van der Waals surface area contributed by atoms with Crippen LogP contribution in [0.25, 0.3) is 21.8 Å². The number of rotatable bonds is 3. The molecule has 0 bridgehead atoms. The number of thiazole rings is 1. The van der Waals surface area contributed by atoms with Crippen LogP contribution >= 0.6 is 11.3 Å². The molecule has 0 saturated carbocycles. The van der Waals surface area contributed by atoms with Gasteiger partial charge in [-0.2, -0.15) is 0 Å². The minimum Gasteiger partial charge on any atom is -0.326 e. The Morgan fingerprint density at radius 2 is 1.81 bits per heavy atom. The SMILES string of the molecule is NCc1sc(-c2ccc(F)cc2F)nc1-c1ccccc1. The number of nitrogens with zero attached hydrogens (tertiary/aromatic N) is 1. The first kappa shape index (κ1) is 13.9. The molecule has 2 nitrogen and oxygen atoms in total. The van der Waals surface area contributed by atoms with Gasteiger partial charge in [0.15, 0.2) is 0 Å². The number of hydrogen-bond acceptors (Lipinski definition) is 3. The first-order valence-electron chi connectivity index (χ1n) is 6.39. The zero-order valence-electron chi connectivity index (χ0n) is 11.0. The molecule has 0 aliphatic heterocycles. The minimum atomic E-state index is -0.619. The molecule has 0 spiro atoms. The molecule has 0 amide bonds. The van der Waals surface area contributed by atoms with Gasteiger partial charge in [0.05, 0.1) is 5.69 Å². The smallest absolute Gasteiger partial charge is 0.136 e. The lowest BCUT2D eigenvalue weighted by molar-refractivity contribution is 0.585. The summed E-state index contributed by atoms with van der Waals surface area (Å²) in [6, 6.07) is 13.1. The van der Waals surface area contributed by atoms with E-state index in [0.717, 1.165) is 22.2 Å². The Hall–Kier alpha value is -2.11. The Morgan fingerprint density at radius 1 is 1.05 bits per heavy atom. The molecule has 0 saturated heterocycles. The first-order valence-corrected chi connectivity index (χ1v) is 7.21. The van der Waals surface area contributed by atoms with E-state index in [2.05, 4.69) is 4.98 Å². The van der Waals surface area contributed by atoms with Gasteiger partial charge < -0.3 is 5.73 Å². The van der Waals surface area contributed by atoms with E-state index in [9.17, 15) is 8.78 Å². The molecule has 3 aromatic rings. The molecule has 106 valence electrons. The number of nitrogens with two attached hydrogens (primary N) is 1. The molecule has 0 unspecified atom stereocenters. The second-order valence-electron chi connectivity index (χ2n) is 4.49. The van der Waals surface area contributed by atoms with Crippen molar-refractivity contribution in [1.82, 2.24) is 4.98 Å². The Labute approximate surface area is 124 Å². The van der Waals surface area contributed by atoms with E-state index in [-0.39, 0.29) is 0 Å². The molecule has 0 atom stereocenters. The Kier molecular flexibility index (Phi) is 3.77. The van der Waals surface area contributed by atoms with Crippen LogP contribution in [0, 0.1) is 11.6 Å². The maximum Gasteiger partial charge on any atom is 0.136 e. The van der Waals surface area contributed by atoms with E-state index >= 15 is 0 Å². The summed E-state index contributed by atoms with van der Waals surface area (Å²) < 4.78 is 26.9. The van der Waals surface area contributed by atoms with Crippen molar-refractivity contribution in [2.24, 2.45) is 5.73 Å². The molecule has 1 heterocycles. The van der Waals surface area contributed by atoms with Gasteiger partial charge in [-0.3, -0.25) is 0 Å². The Morgan fingerprint density at radius 3 is 2.48 bits per heavy atom. The van der Waals surface area contributed by atoms with Crippen LogP contribution in [-0.4, -0.2) is 4.98 Å². The fourth-order valence-electron chi connectivity index (χ4n) is 2.09. The zero-order chi connectivity index (χ0) is 14.8. The van der Waals surface area contributed by atoms with Gasteiger partial charge >= 0.3 is 0 Å². The number of halogens is 2. The average Bonchev–Trinajstić information content (AvgIpc) is 2.92. The predicted octanol–water partition coefficient (Wildman–Crippen LogP) is 4.21. The second kappa shape index (κ2) is 5.71. The monoisotopic (exact) mass is 302 g/mol. The fraction of sp³-hybridized carbons (Fsp3) is 0.0625. The van der Waals surface area contributed by atoms with Crippen LogP contribution < -0.4 is 5.73 Å². The van der Waals surface area contributed by atoms with Gasteiger partial charge in [-0.1, -0.05) is 30.3 Å². The van der Waals surface area contributed by atoms with Crippen molar-refractivity contribution in [2.45, 2.75) is 6.54 Å². The molecule has 5 heteroatoms. The largest absolute Gasteiger partial charge is 0.326 e. The van der Waals surface area contributed by atoms with Crippen molar-refractivity contribution in [3.8, 4) is 21.8 Å². The minimum absolute atomic E-state index is 0.290.